The zero-order chi connectivity index (χ0) is 19.4. The van der Waals surface area contributed by atoms with E-state index in [1.54, 1.807) is 18.2 Å². The standard InChI is InChI=1S/C19H22N4O3S/c1-13-3-8-17(11-14(13)2)27(24,25)21-10-9-18-22-19(23-26-18)16-6-4-15(12-20)5-7-16/h3-8,11,21H,9-10,12,20H2,1-2H3. The average molecular weight is 386 g/mol. The van der Waals surface area contributed by atoms with Gasteiger partial charge in [-0.3, -0.25) is 0 Å². The molecular weight excluding hydrogens is 364 g/mol. The van der Waals surface area contributed by atoms with E-state index in [0.717, 1.165) is 22.3 Å². The maximum absolute atomic E-state index is 12.4. The van der Waals surface area contributed by atoms with Gasteiger partial charge in [0.2, 0.25) is 21.7 Å². The summed E-state index contributed by atoms with van der Waals surface area (Å²) < 4.78 is 32.5. The molecule has 3 rings (SSSR count). The van der Waals surface area contributed by atoms with Crippen LogP contribution < -0.4 is 10.5 Å². The summed E-state index contributed by atoms with van der Waals surface area (Å²) in [5.41, 5.74) is 9.40. The van der Waals surface area contributed by atoms with E-state index in [1.165, 1.54) is 0 Å². The lowest BCUT2D eigenvalue weighted by Gasteiger charge is -2.07. The van der Waals surface area contributed by atoms with Gasteiger partial charge in [0.05, 0.1) is 4.90 Å². The third-order valence-electron chi connectivity index (χ3n) is 4.34. The van der Waals surface area contributed by atoms with Crippen molar-refractivity contribution in [2.24, 2.45) is 5.73 Å². The predicted octanol–water partition coefficient (Wildman–Crippen LogP) is 2.33. The van der Waals surface area contributed by atoms with Crippen LogP contribution in [0.25, 0.3) is 11.4 Å². The van der Waals surface area contributed by atoms with Gasteiger partial charge in [-0.15, -0.1) is 0 Å². The van der Waals surface area contributed by atoms with Crippen molar-refractivity contribution >= 4 is 10.0 Å². The van der Waals surface area contributed by atoms with Crippen LogP contribution in [-0.4, -0.2) is 25.1 Å². The Kier molecular flexibility index (Phi) is 5.69. The van der Waals surface area contributed by atoms with E-state index in [4.69, 9.17) is 10.3 Å². The van der Waals surface area contributed by atoms with Crippen molar-refractivity contribution in [1.82, 2.24) is 14.9 Å². The van der Waals surface area contributed by atoms with Crippen molar-refractivity contribution in [3.05, 3.63) is 65.0 Å². The van der Waals surface area contributed by atoms with E-state index in [1.807, 2.05) is 38.1 Å². The highest BCUT2D eigenvalue weighted by molar-refractivity contribution is 7.89. The van der Waals surface area contributed by atoms with Crippen molar-refractivity contribution in [3.63, 3.8) is 0 Å². The molecule has 0 aliphatic rings. The highest BCUT2D eigenvalue weighted by Crippen LogP contribution is 2.17. The minimum Gasteiger partial charge on any atom is -0.339 e. The van der Waals surface area contributed by atoms with E-state index in [-0.39, 0.29) is 11.4 Å². The first-order valence-corrected chi connectivity index (χ1v) is 10.1. The van der Waals surface area contributed by atoms with Crippen LogP contribution in [0.2, 0.25) is 0 Å². The van der Waals surface area contributed by atoms with E-state index in [0.29, 0.717) is 24.7 Å². The second-order valence-corrected chi connectivity index (χ2v) is 8.07. The molecule has 3 aromatic rings. The molecule has 1 heterocycles. The monoisotopic (exact) mass is 386 g/mol. The molecule has 8 heteroatoms. The van der Waals surface area contributed by atoms with Crippen LogP contribution in [0.1, 0.15) is 22.6 Å². The number of benzene rings is 2. The quantitative estimate of drug-likeness (QED) is 0.645. The Bertz CT molecular complexity index is 1030. The Hall–Kier alpha value is -2.55. The van der Waals surface area contributed by atoms with Crippen molar-refractivity contribution in [1.29, 1.82) is 0 Å². The Balaban J connectivity index is 1.62. The van der Waals surface area contributed by atoms with Crippen LogP contribution in [0.3, 0.4) is 0 Å². The summed E-state index contributed by atoms with van der Waals surface area (Å²) in [5, 5.41) is 3.94. The fourth-order valence-electron chi connectivity index (χ4n) is 2.52. The molecule has 0 bridgehead atoms. The van der Waals surface area contributed by atoms with Gasteiger partial charge >= 0.3 is 0 Å². The number of nitrogens with zero attached hydrogens (tertiary/aromatic N) is 2. The molecule has 0 fully saturated rings. The summed E-state index contributed by atoms with van der Waals surface area (Å²) in [6.45, 7) is 4.46. The minimum absolute atomic E-state index is 0.170. The molecule has 0 aliphatic heterocycles. The van der Waals surface area contributed by atoms with Crippen molar-refractivity contribution in [2.45, 2.75) is 31.7 Å². The van der Waals surface area contributed by atoms with Crippen molar-refractivity contribution < 1.29 is 12.9 Å². The molecule has 3 N–H and O–H groups in total. The summed E-state index contributed by atoms with van der Waals surface area (Å²) in [5.74, 6) is 0.835. The van der Waals surface area contributed by atoms with Gasteiger partial charge in [-0.2, -0.15) is 4.98 Å². The molecule has 7 nitrogen and oxygen atoms in total. The molecule has 27 heavy (non-hydrogen) atoms. The summed E-state index contributed by atoms with van der Waals surface area (Å²) in [6, 6.07) is 12.6. The van der Waals surface area contributed by atoms with Crippen molar-refractivity contribution in [3.8, 4) is 11.4 Å². The number of nitrogens with one attached hydrogen (secondary N) is 1. The predicted molar refractivity (Wildman–Crippen MR) is 102 cm³/mol. The Labute approximate surface area is 158 Å². The number of nitrogens with two attached hydrogens (primary N) is 1. The smallest absolute Gasteiger partial charge is 0.240 e. The number of hydrogen-bond acceptors (Lipinski definition) is 6. The first kappa shape index (κ1) is 19.2. The summed E-state index contributed by atoms with van der Waals surface area (Å²) in [6.07, 6.45) is 0.304. The van der Waals surface area contributed by atoms with Gasteiger partial charge in [-0.1, -0.05) is 35.5 Å². The maximum Gasteiger partial charge on any atom is 0.240 e. The Morgan fingerprint density at radius 1 is 1.07 bits per heavy atom. The molecule has 0 saturated heterocycles. The highest BCUT2D eigenvalue weighted by Gasteiger charge is 2.15. The number of sulfonamides is 1. The van der Waals surface area contributed by atoms with Gasteiger partial charge in [0.1, 0.15) is 0 Å². The number of hydrogen-bond donors (Lipinski definition) is 2. The molecule has 0 amide bonds. The molecule has 2 aromatic carbocycles. The van der Waals surface area contributed by atoms with Gasteiger partial charge in [-0.05, 0) is 42.7 Å². The fourth-order valence-corrected chi connectivity index (χ4v) is 3.64. The molecule has 0 spiro atoms. The molecule has 0 aliphatic carbocycles. The molecule has 0 radical (unpaired) electrons. The average Bonchev–Trinajstić information content (AvgIpc) is 3.12. The zero-order valence-corrected chi connectivity index (χ0v) is 16.1. The van der Waals surface area contributed by atoms with Gasteiger partial charge in [-0.25, -0.2) is 13.1 Å². The number of rotatable bonds is 7. The van der Waals surface area contributed by atoms with Crippen LogP contribution in [0.5, 0.6) is 0 Å². The summed E-state index contributed by atoms with van der Waals surface area (Å²) >= 11 is 0. The Morgan fingerprint density at radius 2 is 1.81 bits per heavy atom. The topological polar surface area (TPSA) is 111 Å². The summed E-state index contributed by atoms with van der Waals surface area (Å²) in [4.78, 5) is 4.56. The Morgan fingerprint density at radius 3 is 2.48 bits per heavy atom. The molecule has 0 saturated carbocycles. The zero-order valence-electron chi connectivity index (χ0n) is 15.3. The maximum atomic E-state index is 12.4. The third-order valence-corrected chi connectivity index (χ3v) is 5.79. The second-order valence-electron chi connectivity index (χ2n) is 6.31. The first-order chi connectivity index (χ1) is 12.9. The van der Waals surface area contributed by atoms with Gasteiger partial charge in [0.25, 0.3) is 0 Å². The SMILES string of the molecule is Cc1ccc(S(=O)(=O)NCCc2nc(-c3ccc(CN)cc3)no2)cc1C. The van der Waals surface area contributed by atoms with Gasteiger partial charge in [0, 0.05) is 25.1 Å². The van der Waals surface area contributed by atoms with Crippen LogP contribution in [0.15, 0.2) is 51.9 Å². The van der Waals surface area contributed by atoms with Crippen LogP contribution in [0, 0.1) is 13.8 Å². The molecular formula is C19H22N4O3S. The fraction of sp³-hybridized carbons (Fsp3) is 0.263. The molecule has 0 atom stereocenters. The third kappa shape index (κ3) is 4.60. The lowest BCUT2D eigenvalue weighted by atomic mass is 10.1. The van der Waals surface area contributed by atoms with E-state index in [2.05, 4.69) is 14.9 Å². The number of aromatic nitrogens is 2. The summed E-state index contributed by atoms with van der Waals surface area (Å²) in [7, 11) is -3.57. The second kappa shape index (κ2) is 7.99. The molecule has 0 unspecified atom stereocenters. The van der Waals surface area contributed by atoms with Crippen LogP contribution >= 0.6 is 0 Å². The molecule has 142 valence electrons. The van der Waals surface area contributed by atoms with Crippen molar-refractivity contribution in [2.75, 3.05) is 6.54 Å². The normalized spacial score (nSPS) is 11.7. The van der Waals surface area contributed by atoms with E-state index in [9.17, 15) is 8.42 Å². The highest BCUT2D eigenvalue weighted by atomic mass is 32.2. The lowest BCUT2D eigenvalue weighted by Crippen LogP contribution is -2.26. The van der Waals surface area contributed by atoms with Gasteiger partial charge < -0.3 is 10.3 Å². The van der Waals surface area contributed by atoms with Crippen LogP contribution in [0.4, 0.5) is 0 Å². The first-order valence-electron chi connectivity index (χ1n) is 8.58. The lowest BCUT2D eigenvalue weighted by molar-refractivity contribution is 0.379. The van der Waals surface area contributed by atoms with Gasteiger partial charge in [0.15, 0.2) is 0 Å². The minimum atomic E-state index is -3.57. The largest absolute Gasteiger partial charge is 0.339 e. The molecule has 1 aromatic heterocycles. The van der Waals surface area contributed by atoms with E-state index >= 15 is 0 Å². The van der Waals surface area contributed by atoms with Crippen LogP contribution in [-0.2, 0) is 23.0 Å². The number of aryl methyl sites for hydroxylation is 2. The van der Waals surface area contributed by atoms with E-state index < -0.39 is 10.0 Å².